The zero-order valence-corrected chi connectivity index (χ0v) is 10.1. The fraction of sp³-hybridized carbons (Fsp3) is 0.625. The summed E-state index contributed by atoms with van der Waals surface area (Å²) in [5.74, 6) is -0.339. The molecule has 0 bridgehead atoms. The van der Waals surface area contributed by atoms with Crippen LogP contribution in [0.15, 0.2) is 12.2 Å². The number of carbonyl (C=O) groups excluding carboxylic acids is 1. The summed E-state index contributed by atoms with van der Waals surface area (Å²) in [4.78, 5) is 10.7. The highest BCUT2D eigenvalue weighted by Crippen LogP contribution is 1.91. The van der Waals surface area contributed by atoms with Gasteiger partial charge in [-0.25, -0.2) is 4.79 Å². The monoisotopic (exact) mass is 255 g/mol. The molecule has 0 unspecified atom stereocenters. The van der Waals surface area contributed by atoms with Crippen LogP contribution in [0.1, 0.15) is 13.3 Å². The molecule has 0 rings (SSSR count). The van der Waals surface area contributed by atoms with Crippen LogP contribution in [0.3, 0.4) is 0 Å². The van der Waals surface area contributed by atoms with Gasteiger partial charge >= 0.3 is 16.4 Å². The molecule has 0 aliphatic rings. The van der Waals surface area contributed by atoms with Crippen molar-refractivity contribution in [2.45, 2.75) is 13.3 Å². The fourth-order valence-electron chi connectivity index (χ4n) is 0.371. The van der Waals surface area contributed by atoms with Crippen molar-refractivity contribution in [3.05, 3.63) is 12.2 Å². The van der Waals surface area contributed by atoms with Crippen molar-refractivity contribution in [2.75, 3.05) is 20.3 Å². The molecular weight excluding hydrogens is 238 g/mol. The standard InChI is InChI=1S/C7H13NO2.CH4O4S/c1-6(2)7(9)10-5-3-4-8;1-5-6(2,3)4/h1,3-5,8H2,2H3;1H3,(H,2,3,4). The molecule has 0 atom stereocenters. The predicted molar refractivity (Wildman–Crippen MR) is 58.0 cm³/mol. The summed E-state index contributed by atoms with van der Waals surface area (Å²) in [5.41, 5.74) is 5.60. The maximum absolute atomic E-state index is 10.7. The third kappa shape index (κ3) is 15.5. The molecule has 0 saturated carbocycles. The van der Waals surface area contributed by atoms with E-state index in [0.29, 0.717) is 25.1 Å². The summed E-state index contributed by atoms with van der Waals surface area (Å²) < 4.78 is 34.4. The molecule has 0 aliphatic heterocycles. The van der Waals surface area contributed by atoms with Gasteiger partial charge < -0.3 is 10.5 Å². The molecule has 0 heterocycles. The molecule has 7 nitrogen and oxygen atoms in total. The topological polar surface area (TPSA) is 116 Å². The van der Waals surface area contributed by atoms with Gasteiger partial charge in [0.1, 0.15) is 0 Å². The molecule has 0 radical (unpaired) electrons. The lowest BCUT2D eigenvalue weighted by molar-refractivity contribution is -0.138. The van der Waals surface area contributed by atoms with Gasteiger partial charge in [0.05, 0.1) is 13.7 Å². The SMILES string of the molecule is C=C(C)C(=O)OCCCN.COS(=O)(=O)O. The molecule has 0 saturated heterocycles. The average molecular weight is 255 g/mol. The van der Waals surface area contributed by atoms with Crippen LogP contribution in [0, 0.1) is 0 Å². The van der Waals surface area contributed by atoms with E-state index in [4.69, 9.17) is 15.0 Å². The van der Waals surface area contributed by atoms with Gasteiger partial charge in [0.15, 0.2) is 0 Å². The van der Waals surface area contributed by atoms with Crippen LogP contribution in [-0.4, -0.2) is 39.2 Å². The molecule has 0 fully saturated rings. The Morgan fingerprint density at radius 1 is 1.50 bits per heavy atom. The number of ether oxygens (including phenoxy) is 1. The van der Waals surface area contributed by atoms with Crippen molar-refractivity contribution < 1.29 is 26.7 Å². The zero-order chi connectivity index (χ0) is 13.2. The van der Waals surface area contributed by atoms with E-state index in [2.05, 4.69) is 10.8 Å². The van der Waals surface area contributed by atoms with Gasteiger partial charge in [-0.05, 0) is 19.9 Å². The summed E-state index contributed by atoms with van der Waals surface area (Å²) in [6.07, 6.45) is 0.707. The molecule has 0 spiro atoms. The molecular formula is C8H17NO6S. The van der Waals surface area contributed by atoms with Crippen molar-refractivity contribution in [3.8, 4) is 0 Å². The summed E-state index contributed by atoms with van der Waals surface area (Å²) in [6.45, 7) is 5.98. The first kappa shape index (κ1) is 17.4. The number of nitrogens with two attached hydrogens (primary N) is 1. The first-order valence-electron chi connectivity index (χ1n) is 4.30. The molecule has 16 heavy (non-hydrogen) atoms. The zero-order valence-electron chi connectivity index (χ0n) is 9.30. The number of hydrogen-bond acceptors (Lipinski definition) is 6. The van der Waals surface area contributed by atoms with Gasteiger partial charge in [-0.15, -0.1) is 0 Å². The van der Waals surface area contributed by atoms with Crippen molar-refractivity contribution >= 4 is 16.4 Å². The van der Waals surface area contributed by atoms with Crippen molar-refractivity contribution in [1.82, 2.24) is 0 Å². The molecule has 96 valence electrons. The first-order valence-corrected chi connectivity index (χ1v) is 5.66. The maximum atomic E-state index is 10.7. The van der Waals surface area contributed by atoms with Crippen LogP contribution in [0.4, 0.5) is 0 Å². The number of rotatable bonds is 5. The molecule has 0 amide bonds. The van der Waals surface area contributed by atoms with E-state index >= 15 is 0 Å². The highest BCUT2D eigenvalue weighted by Gasteiger charge is 2.00. The molecule has 0 aromatic heterocycles. The minimum atomic E-state index is -4.16. The number of carbonyl (C=O) groups is 1. The lowest BCUT2D eigenvalue weighted by Crippen LogP contribution is -2.09. The smallest absolute Gasteiger partial charge is 0.397 e. The third-order valence-corrected chi connectivity index (χ3v) is 1.56. The van der Waals surface area contributed by atoms with Gasteiger partial charge in [-0.2, -0.15) is 8.42 Å². The van der Waals surface area contributed by atoms with E-state index in [1.54, 1.807) is 6.92 Å². The van der Waals surface area contributed by atoms with Gasteiger partial charge in [-0.1, -0.05) is 6.58 Å². The Hall–Kier alpha value is -0.960. The van der Waals surface area contributed by atoms with E-state index in [1.807, 2.05) is 0 Å². The van der Waals surface area contributed by atoms with E-state index in [-0.39, 0.29) is 5.97 Å². The molecule has 0 aromatic carbocycles. The third-order valence-electron chi connectivity index (χ3n) is 1.14. The normalized spacial score (nSPS) is 10.0. The summed E-state index contributed by atoms with van der Waals surface area (Å²) >= 11 is 0. The Labute approximate surface area is 95.2 Å². The second kappa shape index (κ2) is 9.28. The number of esters is 1. The van der Waals surface area contributed by atoms with Gasteiger partial charge in [0, 0.05) is 5.57 Å². The van der Waals surface area contributed by atoms with Gasteiger partial charge in [0.25, 0.3) is 0 Å². The van der Waals surface area contributed by atoms with Crippen LogP contribution in [-0.2, 0) is 24.1 Å². The molecule has 8 heteroatoms. The largest absolute Gasteiger partial charge is 0.462 e. The Morgan fingerprint density at radius 3 is 2.19 bits per heavy atom. The minimum absolute atomic E-state index is 0.339. The average Bonchev–Trinajstić information content (AvgIpc) is 2.17. The first-order chi connectivity index (χ1) is 7.24. The maximum Gasteiger partial charge on any atom is 0.397 e. The highest BCUT2D eigenvalue weighted by atomic mass is 32.3. The van der Waals surface area contributed by atoms with Crippen LogP contribution in [0.25, 0.3) is 0 Å². The predicted octanol–water partition coefficient (Wildman–Crippen LogP) is -0.110. The summed E-state index contributed by atoms with van der Waals surface area (Å²) in [5, 5.41) is 0. The van der Waals surface area contributed by atoms with Crippen LogP contribution >= 0.6 is 0 Å². The Kier molecular flexibility index (Phi) is 10.1. The summed E-state index contributed by atoms with van der Waals surface area (Å²) in [7, 11) is -3.29. The molecule has 0 aromatic rings. The lowest BCUT2D eigenvalue weighted by Gasteiger charge is -2.01. The number of hydrogen-bond donors (Lipinski definition) is 2. The van der Waals surface area contributed by atoms with Crippen LogP contribution in [0.2, 0.25) is 0 Å². The Balaban J connectivity index is 0. The highest BCUT2D eigenvalue weighted by molar-refractivity contribution is 7.80. The van der Waals surface area contributed by atoms with E-state index in [1.165, 1.54) is 0 Å². The van der Waals surface area contributed by atoms with Crippen molar-refractivity contribution in [2.24, 2.45) is 5.73 Å². The van der Waals surface area contributed by atoms with Crippen LogP contribution in [0.5, 0.6) is 0 Å². The summed E-state index contributed by atoms with van der Waals surface area (Å²) in [6, 6.07) is 0. The van der Waals surface area contributed by atoms with Crippen molar-refractivity contribution in [3.63, 3.8) is 0 Å². The van der Waals surface area contributed by atoms with Crippen LogP contribution < -0.4 is 5.73 Å². The Bertz CT molecular complexity index is 310. The van der Waals surface area contributed by atoms with E-state index < -0.39 is 10.4 Å². The van der Waals surface area contributed by atoms with Crippen molar-refractivity contribution in [1.29, 1.82) is 0 Å². The second-order valence-corrected chi connectivity index (χ2v) is 3.84. The molecule has 0 aliphatic carbocycles. The Morgan fingerprint density at radius 2 is 1.94 bits per heavy atom. The second-order valence-electron chi connectivity index (χ2n) is 2.65. The van der Waals surface area contributed by atoms with E-state index in [9.17, 15) is 13.2 Å². The van der Waals surface area contributed by atoms with E-state index in [0.717, 1.165) is 7.11 Å². The fourth-order valence-corrected chi connectivity index (χ4v) is 0.371. The van der Waals surface area contributed by atoms with Gasteiger partial charge in [-0.3, -0.25) is 8.74 Å². The molecule has 3 N–H and O–H groups in total. The minimum Gasteiger partial charge on any atom is -0.462 e. The van der Waals surface area contributed by atoms with Gasteiger partial charge in [0.2, 0.25) is 0 Å². The quantitative estimate of drug-likeness (QED) is 0.305. The lowest BCUT2D eigenvalue weighted by atomic mass is 10.4.